The van der Waals surface area contributed by atoms with E-state index >= 15 is 0 Å². The predicted molar refractivity (Wildman–Crippen MR) is 99.4 cm³/mol. The van der Waals surface area contributed by atoms with Crippen LogP contribution in [-0.2, 0) is 6.54 Å². The van der Waals surface area contributed by atoms with Crippen LogP contribution < -0.4 is 4.90 Å². The Morgan fingerprint density at radius 3 is 3.08 bits per heavy atom. The van der Waals surface area contributed by atoms with E-state index in [9.17, 15) is 0 Å². The molecule has 1 aliphatic heterocycles. The summed E-state index contributed by atoms with van der Waals surface area (Å²) in [6.07, 6.45) is 8.55. The summed E-state index contributed by atoms with van der Waals surface area (Å²) in [6, 6.07) is 6.65. The summed E-state index contributed by atoms with van der Waals surface area (Å²) < 4.78 is 0. The van der Waals surface area contributed by atoms with Gasteiger partial charge in [-0.05, 0) is 36.6 Å². The number of fused-ring (bicyclic) bond motifs is 1. The maximum atomic E-state index is 4.56. The number of aromatic nitrogens is 4. The normalized spacial score (nSPS) is 21.5. The first kappa shape index (κ1) is 16.0. The molecule has 0 aromatic carbocycles. The van der Waals surface area contributed by atoms with Crippen molar-refractivity contribution < 1.29 is 0 Å². The molecule has 2 atom stereocenters. The van der Waals surface area contributed by atoms with Crippen LogP contribution in [0.2, 0.25) is 0 Å². The first-order valence-electron chi connectivity index (χ1n) is 8.84. The molecule has 6 nitrogen and oxygen atoms in total. The molecule has 1 fully saturated rings. The molecule has 3 aromatic rings. The standard InChI is InChI=1S/C19H24N6/c1-14-6-9-25(11-15-4-3-7-20-10-15)12-17(14)24(2)19-16-5-8-21-18(16)22-13-23-19/h3-5,7-8,10,13-14,17H,6,9,11-12H2,1-2H3,(H,21,22,23). The van der Waals surface area contributed by atoms with Gasteiger partial charge in [-0.15, -0.1) is 0 Å². The Hall–Kier alpha value is -2.47. The molecule has 2 unspecified atom stereocenters. The molecule has 0 aliphatic carbocycles. The third-order valence-corrected chi connectivity index (χ3v) is 5.30. The Morgan fingerprint density at radius 2 is 2.24 bits per heavy atom. The lowest BCUT2D eigenvalue weighted by Crippen LogP contribution is -2.50. The average molecular weight is 336 g/mol. The van der Waals surface area contributed by atoms with Gasteiger partial charge in [0.1, 0.15) is 17.8 Å². The van der Waals surface area contributed by atoms with Crippen molar-refractivity contribution in [2.75, 3.05) is 25.0 Å². The lowest BCUT2D eigenvalue weighted by atomic mass is 9.92. The van der Waals surface area contributed by atoms with E-state index < -0.39 is 0 Å². The number of nitrogens with zero attached hydrogens (tertiary/aromatic N) is 5. The van der Waals surface area contributed by atoms with E-state index in [2.05, 4.69) is 55.8 Å². The van der Waals surface area contributed by atoms with E-state index in [1.165, 1.54) is 12.0 Å². The monoisotopic (exact) mass is 336 g/mol. The molecule has 0 radical (unpaired) electrons. The predicted octanol–water partition coefficient (Wildman–Crippen LogP) is 2.70. The van der Waals surface area contributed by atoms with E-state index in [-0.39, 0.29) is 0 Å². The van der Waals surface area contributed by atoms with E-state index in [4.69, 9.17) is 0 Å². The topological polar surface area (TPSA) is 60.9 Å². The highest BCUT2D eigenvalue weighted by atomic mass is 15.3. The molecule has 1 aliphatic rings. The fourth-order valence-corrected chi connectivity index (χ4v) is 3.81. The van der Waals surface area contributed by atoms with Crippen LogP contribution in [0.4, 0.5) is 5.82 Å². The highest BCUT2D eigenvalue weighted by molar-refractivity contribution is 5.87. The Morgan fingerprint density at radius 1 is 1.32 bits per heavy atom. The minimum absolute atomic E-state index is 0.429. The minimum Gasteiger partial charge on any atom is -0.354 e. The van der Waals surface area contributed by atoms with Gasteiger partial charge in [0, 0.05) is 44.8 Å². The molecule has 25 heavy (non-hydrogen) atoms. The lowest BCUT2D eigenvalue weighted by molar-refractivity contribution is 0.159. The zero-order valence-electron chi connectivity index (χ0n) is 14.8. The summed E-state index contributed by atoms with van der Waals surface area (Å²) in [5.74, 6) is 1.63. The van der Waals surface area contributed by atoms with Crippen LogP contribution in [0, 0.1) is 5.92 Å². The SMILES string of the molecule is CC1CCN(Cc2cccnc2)CC1N(C)c1ncnc2[nH]ccc12. The first-order chi connectivity index (χ1) is 12.2. The highest BCUT2D eigenvalue weighted by Gasteiger charge is 2.30. The van der Waals surface area contributed by atoms with Gasteiger partial charge in [0.25, 0.3) is 0 Å². The van der Waals surface area contributed by atoms with Crippen LogP contribution in [0.15, 0.2) is 43.1 Å². The second kappa shape index (κ2) is 6.80. The quantitative estimate of drug-likeness (QED) is 0.794. The lowest BCUT2D eigenvalue weighted by Gasteiger charge is -2.42. The molecule has 0 spiro atoms. The number of anilines is 1. The van der Waals surface area contributed by atoms with Crippen molar-refractivity contribution in [3.05, 3.63) is 48.7 Å². The molecule has 130 valence electrons. The number of pyridine rings is 1. The number of H-pyrrole nitrogens is 1. The molecule has 0 amide bonds. The molecule has 1 saturated heterocycles. The van der Waals surface area contributed by atoms with Gasteiger partial charge < -0.3 is 9.88 Å². The zero-order valence-corrected chi connectivity index (χ0v) is 14.8. The van der Waals surface area contributed by atoms with Crippen molar-refractivity contribution in [1.29, 1.82) is 0 Å². The van der Waals surface area contributed by atoms with Gasteiger partial charge in [0.2, 0.25) is 0 Å². The van der Waals surface area contributed by atoms with Crippen molar-refractivity contribution in [3.63, 3.8) is 0 Å². The number of piperidine rings is 1. The van der Waals surface area contributed by atoms with E-state index in [1.807, 2.05) is 24.7 Å². The zero-order chi connectivity index (χ0) is 17.2. The Kier molecular flexibility index (Phi) is 4.36. The van der Waals surface area contributed by atoms with E-state index in [1.54, 1.807) is 6.33 Å². The third-order valence-electron chi connectivity index (χ3n) is 5.30. The number of nitrogens with one attached hydrogen (secondary N) is 1. The maximum Gasteiger partial charge on any atom is 0.142 e. The smallest absolute Gasteiger partial charge is 0.142 e. The average Bonchev–Trinajstić information content (AvgIpc) is 3.12. The fraction of sp³-hybridized carbons (Fsp3) is 0.421. The third kappa shape index (κ3) is 3.22. The van der Waals surface area contributed by atoms with E-state index in [0.29, 0.717) is 12.0 Å². The van der Waals surface area contributed by atoms with Crippen molar-refractivity contribution in [3.8, 4) is 0 Å². The largest absolute Gasteiger partial charge is 0.354 e. The summed E-state index contributed by atoms with van der Waals surface area (Å²) in [5.41, 5.74) is 2.17. The number of likely N-dealkylation sites (N-methyl/N-ethyl adjacent to an activating group) is 1. The summed E-state index contributed by atoms with van der Waals surface area (Å²) >= 11 is 0. The fourth-order valence-electron chi connectivity index (χ4n) is 3.81. The van der Waals surface area contributed by atoms with Crippen LogP contribution in [-0.4, -0.2) is 51.0 Å². The van der Waals surface area contributed by atoms with Gasteiger partial charge >= 0.3 is 0 Å². The molecule has 4 heterocycles. The van der Waals surface area contributed by atoms with Crippen molar-refractivity contribution >= 4 is 16.9 Å². The first-order valence-corrected chi connectivity index (χ1v) is 8.84. The molecule has 0 saturated carbocycles. The summed E-state index contributed by atoms with van der Waals surface area (Å²) in [7, 11) is 2.16. The molecular weight excluding hydrogens is 312 g/mol. The minimum atomic E-state index is 0.429. The second-order valence-electron chi connectivity index (χ2n) is 6.98. The maximum absolute atomic E-state index is 4.56. The van der Waals surface area contributed by atoms with Crippen molar-refractivity contribution in [1.82, 2.24) is 24.8 Å². The second-order valence-corrected chi connectivity index (χ2v) is 6.98. The molecule has 1 N–H and O–H groups in total. The molecule has 6 heteroatoms. The van der Waals surface area contributed by atoms with Gasteiger partial charge in [0.15, 0.2) is 0 Å². The van der Waals surface area contributed by atoms with Gasteiger partial charge in [-0.1, -0.05) is 13.0 Å². The van der Waals surface area contributed by atoms with Crippen LogP contribution in [0.1, 0.15) is 18.9 Å². The number of hydrogen-bond acceptors (Lipinski definition) is 5. The molecule has 3 aromatic heterocycles. The number of rotatable bonds is 4. The van der Waals surface area contributed by atoms with Gasteiger partial charge in [0.05, 0.1) is 5.39 Å². The summed E-state index contributed by atoms with van der Waals surface area (Å²) in [6.45, 7) is 5.46. The van der Waals surface area contributed by atoms with E-state index in [0.717, 1.165) is 36.5 Å². The van der Waals surface area contributed by atoms with Crippen molar-refractivity contribution in [2.45, 2.75) is 25.9 Å². The van der Waals surface area contributed by atoms with Gasteiger partial charge in [-0.3, -0.25) is 9.88 Å². The van der Waals surface area contributed by atoms with Crippen molar-refractivity contribution in [2.24, 2.45) is 5.92 Å². The summed E-state index contributed by atoms with van der Waals surface area (Å²) in [5, 5.41) is 1.08. The Labute approximate surface area is 147 Å². The number of aromatic amines is 1. The van der Waals surface area contributed by atoms with Gasteiger partial charge in [-0.2, -0.15) is 0 Å². The van der Waals surface area contributed by atoms with Gasteiger partial charge in [-0.25, -0.2) is 9.97 Å². The summed E-state index contributed by atoms with van der Waals surface area (Å²) in [4.78, 5) is 21.1. The Bertz CT molecular complexity index is 830. The molecule has 0 bridgehead atoms. The molecule has 4 rings (SSSR count). The van der Waals surface area contributed by atoms with Crippen LogP contribution >= 0.6 is 0 Å². The number of hydrogen-bond donors (Lipinski definition) is 1. The van der Waals surface area contributed by atoms with Crippen LogP contribution in [0.25, 0.3) is 11.0 Å². The molecular formula is C19H24N6. The van der Waals surface area contributed by atoms with Crippen LogP contribution in [0.3, 0.4) is 0 Å². The van der Waals surface area contributed by atoms with Crippen LogP contribution in [0.5, 0.6) is 0 Å². The highest BCUT2D eigenvalue weighted by Crippen LogP contribution is 2.29. The Balaban J connectivity index is 1.54. The number of likely N-dealkylation sites (tertiary alicyclic amines) is 1.